The molecule has 1 aromatic carbocycles. The number of nitriles is 1. The number of thiol groups is 1. The van der Waals surface area contributed by atoms with Crippen molar-refractivity contribution in [1.29, 1.82) is 5.26 Å². The third kappa shape index (κ3) is 3.22. The van der Waals surface area contributed by atoms with Crippen LogP contribution in [0.3, 0.4) is 0 Å². The van der Waals surface area contributed by atoms with Crippen LogP contribution in [-0.2, 0) is 22.5 Å². The highest BCUT2D eigenvalue weighted by Gasteiger charge is 2.12. The van der Waals surface area contributed by atoms with E-state index in [1.807, 2.05) is 6.07 Å². The summed E-state index contributed by atoms with van der Waals surface area (Å²) >= 11 is 4.32. The third-order valence-electron chi connectivity index (χ3n) is 2.33. The van der Waals surface area contributed by atoms with Gasteiger partial charge in [0.1, 0.15) is 0 Å². The minimum absolute atomic E-state index is 0.144. The largest absolute Gasteiger partial charge is 0.466 e. The fourth-order valence-corrected chi connectivity index (χ4v) is 1.87. The summed E-state index contributed by atoms with van der Waals surface area (Å²) in [5.74, 6) is -0.310. The predicted octanol–water partition coefficient (Wildman–Crippen LogP) is 1.41. The van der Waals surface area contributed by atoms with Gasteiger partial charge in [-0.3, -0.25) is 4.79 Å². The molecule has 0 heterocycles. The van der Waals surface area contributed by atoms with Crippen LogP contribution in [-0.4, -0.2) is 12.6 Å². The molecule has 0 spiro atoms. The molecule has 17 heavy (non-hydrogen) atoms. The summed E-state index contributed by atoms with van der Waals surface area (Å²) in [6.07, 6.45) is 0.144. The van der Waals surface area contributed by atoms with E-state index in [1.54, 1.807) is 19.1 Å². The van der Waals surface area contributed by atoms with E-state index in [9.17, 15) is 4.79 Å². The van der Waals surface area contributed by atoms with Gasteiger partial charge in [0.15, 0.2) is 0 Å². The predicted molar refractivity (Wildman–Crippen MR) is 66.6 cm³/mol. The van der Waals surface area contributed by atoms with Crippen molar-refractivity contribution in [3.8, 4) is 6.07 Å². The van der Waals surface area contributed by atoms with Crippen LogP contribution >= 0.6 is 12.6 Å². The summed E-state index contributed by atoms with van der Waals surface area (Å²) in [6, 6.07) is 5.40. The van der Waals surface area contributed by atoms with E-state index in [4.69, 9.17) is 15.7 Å². The van der Waals surface area contributed by atoms with Crippen LogP contribution in [0.25, 0.3) is 0 Å². The van der Waals surface area contributed by atoms with E-state index < -0.39 is 0 Å². The minimum atomic E-state index is -0.310. The molecule has 0 saturated heterocycles. The van der Waals surface area contributed by atoms with Gasteiger partial charge < -0.3 is 10.5 Å². The number of nitrogens with two attached hydrogens (primary N) is 1. The Morgan fingerprint density at radius 1 is 1.59 bits per heavy atom. The maximum absolute atomic E-state index is 11.4. The number of hydrogen-bond donors (Lipinski definition) is 2. The molecule has 90 valence electrons. The van der Waals surface area contributed by atoms with Crippen LogP contribution in [0.4, 0.5) is 0 Å². The van der Waals surface area contributed by atoms with Crippen molar-refractivity contribution in [3.63, 3.8) is 0 Å². The summed E-state index contributed by atoms with van der Waals surface area (Å²) in [5.41, 5.74) is 7.45. The van der Waals surface area contributed by atoms with Crippen molar-refractivity contribution in [2.24, 2.45) is 5.73 Å². The molecule has 5 heteroatoms. The lowest BCUT2D eigenvalue weighted by molar-refractivity contribution is -0.142. The summed E-state index contributed by atoms with van der Waals surface area (Å²) in [4.78, 5) is 12.0. The Labute approximate surface area is 106 Å². The molecule has 0 aromatic heterocycles. The van der Waals surface area contributed by atoms with Crippen LogP contribution in [0.1, 0.15) is 23.6 Å². The molecule has 0 aliphatic carbocycles. The van der Waals surface area contributed by atoms with Crippen LogP contribution in [0.2, 0.25) is 0 Å². The number of carbonyl (C=O) groups is 1. The standard InChI is InChI=1S/C12H14N2O2S/c1-2-16-11(15)5-8-3-4-9(6-13)10(7-14)12(8)17/h3-4,17H,2,5,7,14H2,1H3. The fourth-order valence-electron chi connectivity index (χ4n) is 1.51. The Morgan fingerprint density at radius 3 is 2.82 bits per heavy atom. The second-order valence-corrected chi connectivity index (χ2v) is 3.84. The Morgan fingerprint density at radius 2 is 2.29 bits per heavy atom. The SMILES string of the molecule is CCOC(=O)Cc1ccc(C#N)c(CN)c1S. The van der Waals surface area contributed by atoms with Gasteiger partial charge in [0.05, 0.1) is 24.7 Å². The quantitative estimate of drug-likeness (QED) is 0.626. The molecule has 2 N–H and O–H groups in total. The van der Waals surface area contributed by atoms with Crippen LogP contribution in [0, 0.1) is 11.3 Å². The van der Waals surface area contributed by atoms with E-state index >= 15 is 0 Å². The van der Waals surface area contributed by atoms with E-state index in [-0.39, 0.29) is 18.9 Å². The topological polar surface area (TPSA) is 76.1 Å². The lowest BCUT2D eigenvalue weighted by atomic mass is 10.0. The average molecular weight is 250 g/mol. The smallest absolute Gasteiger partial charge is 0.310 e. The first-order chi connectivity index (χ1) is 8.13. The maximum Gasteiger partial charge on any atom is 0.310 e. The number of ether oxygens (including phenoxy) is 1. The monoisotopic (exact) mass is 250 g/mol. The van der Waals surface area contributed by atoms with Crippen molar-refractivity contribution in [3.05, 3.63) is 28.8 Å². The molecular weight excluding hydrogens is 236 g/mol. The van der Waals surface area contributed by atoms with Gasteiger partial charge >= 0.3 is 5.97 Å². The zero-order valence-corrected chi connectivity index (χ0v) is 10.5. The Balaban J connectivity index is 3.03. The highest BCUT2D eigenvalue weighted by atomic mass is 32.1. The third-order valence-corrected chi connectivity index (χ3v) is 2.89. The highest BCUT2D eigenvalue weighted by Crippen LogP contribution is 2.23. The van der Waals surface area contributed by atoms with Crippen LogP contribution < -0.4 is 5.73 Å². The average Bonchev–Trinajstić information content (AvgIpc) is 2.31. The number of nitrogens with zero attached hydrogens (tertiary/aromatic N) is 1. The first-order valence-electron chi connectivity index (χ1n) is 5.23. The fraction of sp³-hybridized carbons (Fsp3) is 0.333. The van der Waals surface area contributed by atoms with Gasteiger partial charge in [-0.25, -0.2) is 0 Å². The molecule has 0 saturated carbocycles. The molecular formula is C12H14N2O2S. The minimum Gasteiger partial charge on any atom is -0.466 e. The number of benzene rings is 1. The van der Waals surface area contributed by atoms with Crippen molar-refractivity contribution in [2.75, 3.05) is 6.61 Å². The first kappa shape index (κ1) is 13.6. The second-order valence-electron chi connectivity index (χ2n) is 3.40. The molecule has 1 aromatic rings. The molecule has 0 radical (unpaired) electrons. The van der Waals surface area contributed by atoms with E-state index in [1.165, 1.54) is 0 Å². The van der Waals surface area contributed by atoms with Crippen molar-refractivity contribution < 1.29 is 9.53 Å². The zero-order valence-electron chi connectivity index (χ0n) is 9.56. The van der Waals surface area contributed by atoms with Gasteiger partial charge in [0.25, 0.3) is 0 Å². The zero-order chi connectivity index (χ0) is 12.8. The summed E-state index contributed by atoms with van der Waals surface area (Å²) in [5, 5.41) is 8.90. The van der Waals surface area contributed by atoms with Crippen molar-refractivity contribution in [1.82, 2.24) is 0 Å². The van der Waals surface area contributed by atoms with Gasteiger partial charge in [-0.2, -0.15) is 5.26 Å². The van der Waals surface area contributed by atoms with Crippen molar-refractivity contribution >= 4 is 18.6 Å². The summed E-state index contributed by atoms with van der Waals surface area (Å²) < 4.78 is 4.86. The number of hydrogen-bond acceptors (Lipinski definition) is 5. The summed E-state index contributed by atoms with van der Waals surface area (Å²) in [7, 11) is 0. The number of rotatable bonds is 4. The van der Waals surface area contributed by atoms with Crippen molar-refractivity contribution in [2.45, 2.75) is 24.8 Å². The van der Waals surface area contributed by atoms with Gasteiger partial charge in [0, 0.05) is 11.4 Å². The second kappa shape index (κ2) is 6.28. The molecule has 0 atom stereocenters. The normalized spacial score (nSPS) is 9.76. The van der Waals surface area contributed by atoms with E-state index in [2.05, 4.69) is 12.6 Å². The first-order valence-corrected chi connectivity index (χ1v) is 5.68. The lowest BCUT2D eigenvalue weighted by Gasteiger charge is -2.10. The number of esters is 1. The van der Waals surface area contributed by atoms with Gasteiger partial charge in [-0.15, -0.1) is 12.6 Å². The van der Waals surface area contributed by atoms with Crippen LogP contribution in [0.5, 0.6) is 0 Å². The molecule has 0 unspecified atom stereocenters. The Bertz CT molecular complexity index is 466. The van der Waals surface area contributed by atoms with Crippen LogP contribution in [0.15, 0.2) is 17.0 Å². The van der Waals surface area contributed by atoms with E-state index in [0.29, 0.717) is 22.6 Å². The number of carbonyl (C=O) groups excluding carboxylic acids is 1. The molecule has 0 aliphatic heterocycles. The Kier molecular flexibility index (Phi) is 5.01. The van der Waals surface area contributed by atoms with Gasteiger partial charge in [0.2, 0.25) is 0 Å². The Hall–Kier alpha value is -1.51. The summed E-state index contributed by atoms with van der Waals surface area (Å²) in [6.45, 7) is 2.32. The molecule has 0 amide bonds. The molecule has 1 rings (SSSR count). The molecule has 0 aliphatic rings. The maximum atomic E-state index is 11.4. The van der Waals surface area contributed by atoms with Gasteiger partial charge in [-0.1, -0.05) is 6.07 Å². The molecule has 4 nitrogen and oxygen atoms in total. The van der Waals surface area contributed by atoms with E-state index in [0.717, 1.165) is 5.56 Å². The molecule has 0 bridgehead atoms. The highest BCUT2D eigenvalue weighted by molar-refractivity contribution is 7.80. The molecule has 0 fully saturated rings. The lowest BCUT2D eigenvalue weighted by Crippen LogP contribution is -2.10. The van der Waals surface area contributed by atoms with Gasteiger partial charge in [-0.05, 0) is 24.1 Å².